The summed E-state index contributed by atoms with van der Waals surface area (Å²) in [6.07, 6.45) is 0. The van der Waals surface area contributed by atoms with E-state index in [0.717, 1.165) is 12.1 Å². The first-order valence-electron chi connectivity index (χ1n) is 6.19. The van der Waals surface area contributed by atoms with Gasteiger partial charge in [0.25, 0.3) is 0 Å². The predicted octanol–water partition coefficient (Wildman–Crippen LogP) is 3.65. The molecule has 1 heterocycles. The van der Waals surface area contributed by atoms with Gasteiger partial charge in [-0.15, -0.1) is 0 Å². The molecule has 0 atom stereocenters. The SMILES string of the molecule is Cc1cccc(C)c1N1Cc2ccccc2C1=N. The molecule has 0 radical (unpaired) electrons. The number of rotatable bonds is 1. The van der Waals surface area contributed by atoms with Crippen molar-refractivity contribution in [3.8, 4) is 0 Å². The summed E-state index contributed by atoms with van der Waals surface area (Å²) in [7, 11) is 0. The molecular weight excluding hydrogens is 220 g/mol. The van der Waals surface area contributed by atoms with E-state index in [2.05, 4.69) is 43.0 Å². The quantitative estimate of drug-likeness (QED) is 0.804. The molecule has 0 saturated heterocycles. The molecule has 0 amide bonds. The van der Waals surface area contributed by atoms with Crippen LogP contribution in [0.4, 0.5) is 5.69 Å². The van der Waals surface area contributed by atoms with Gasteiger partial charge in [0, 0.05) is 11.3 Å². The van der Waals surface area contributed by atoms with Crippen molar-refractivity contribution in [2.24, 2.45) is 0 Å². The minimum atomic E-state index is 0.614. The van der Waals surface area contributed by atoms with Crippen LogP contribution in [0.5, 0.6) is 0 Å². The van der Waals surface area contributed by atoms with Crippen LogP contribution < -0.4 is 4.90 Å². The lowest BCUT2D eigenvalue weighted by molar-refractivity contribution is 1.03. The van der Waals surface area contributed by atoms with Crippen LogP contribution in [0.1, 0.15) is 22.3 Å². The van der Waals surface area contributed by atoms with E-state index in [0.29, 0.717) is 5.84 Å². The molecule has 2 aromatic rings. The highest BCUT2D eigenvalue weighted by Crippen LogP contribution is 2.32. The summed E-state index contributed by atoms with van der Waals surface area (Å²) in [5.41, 5.74) is 5.93. The van der Waals surface area contributed by atoms with Gasteiger partial charge < -0.3 is 4.90 Å². The van der Waals surface area contributed by atoms with E-state index in [1.807, 2.05) is 18.2 Å². The second-order valence-electron chi connectivity index (χ2n) is 4.83. The van der Waals surface area contributed by atoms with Crippen LogP contribution in [0.25, 0.3) is 0 Å². The van der Waals surface area contributed by atoms with E-state index >= 15 is 0 Å². The Morgan fingerprint density at radius 2 is 1.61 bits per heavy atom. The van der Waals surface area contributed by atoms with Crippen LogP contribution in [0.15, 0.2) is 42.5 Å². The lowest BCUT2D eigenvalue weighted by Crippen LogP contribution is -2.24. The fraction of sp³-hybridized carbons (Fsp3) is 0.188. The Hall–Kier alpha value is -2.09. The minimum absolute atomic E-state index is 0.614. The van der Waals surface area contributed by atoms with Crippen LogP contribution in [-0.4, -0.2) is 5.84 Å². The van der Waals surface area contributed by atoms with Crippen molar-refractivity contribution in [1.82, 2.24) is 0 Å². The van der Waals surface area contributed by atoms with E-state index in [9.17, 15) is 0 Å². The normalized spacial score (nSPS) is 13.9. The first kappa shape index (κ1) is 11.0. The van der Waals surface area contributed by atoms with Crippen molar-refractivity contribution in [3.05, 3.63) is 64.7 Å². The molecule has 18 heavy (non-hydrogen) atoms. The molecule has 0 aromatic heterocycles. The number of nitrogens with zero attached hydrogens (tertiary/aromatic N) is 1. The third kappa shape index (κ3) is 1.53. The van der Waals surface area contributed by atoms with Crippen molar-refractivity contribution < 1.29 is 0 Å². The monoisotopic (exact) mass is 236 g/mol. The number of fused-ring (bicyclic) bond motifs is 1. The van der Waals surface area contributed by atoms with E-state index in [4.69, 9.17) is 5.41 Å². The molecule has 0 aliphatic carbocycles. The maximum absolute atomic E-state index is 8.34. The van der Waals surface area contributed by atoms with Gasteiger partial charge in [-0.25, -0.2) is 0 Å². The summed E-state index contributed by atoms with van der Waals surface area (Å²) in [5.74, 6) is 0.614. The van der Waals surface area contributed by atoms with Crippen LogP contribution in [0, 0.1) is 19.3 Å². The largest absolute Gasteiger partial charge is 0.321 e. The highest BCUT2D eigenvalue weighted by Gasteiger charge is 2.26. The third-order valence-electron chi connectivity index (χ3n) is 3.58. The molecule has 2 nitrogen and oxygen atoms in total. The Bertz CT molecular complexity index is 608. The van der Waals surface area contributed by atoms with E-state index in [1.54, 1.807) is 0 Å². The molecule has 0 saturated carbocycles. The van der Waals surface area contributed by atoms with Crippen LogP contribution in [0.2, 0.25) is 0 Å². The number of aryl methyl sites for hydroxylation is 2. The number of anilines is 1. The van der Waals surface area contributed by atoms with Crippen molar-refractivity contribution in [2.45, 2.75) is 20.4 Å². The topological polar surface area (TPSA) is 27.1 Å². The van der Waals surface area contributed by atoms with Crippen LogP contribution in [0.3, 0.4) is 0 Å². The summed E-state index contributed by atoms with van der Waals surface area (Å²) in [6, 6.07) is 14.5. The number of nitrogens with one attached hydrogen (secondary N) is 1. The summed E-state index contributed by atoms with van der Waals surface area (Å²) in [4.78, 5) is 2.11. The molecule has 3 rings (SSSR count). The van der Waals surface area contributed by atoms with Gasteiger partial charge in [-0.1, -0.05) is 42.5 Å². The van der Waals surface area contributed by atoms with Gasteiger partial charge >= 0.3 is 0 Å². The maximum atomic E-state index is 8.34. The molecule has 1 aliphatic heterocycles. The smallest absolute Gasteiger partial charge is 0.133 e. The first-order valence-corrected chi connectivity index (χ1v) is 6.19. The molecule has 0 unspecified atom stereocenters. The average molecular weight is 236 g/mol. The Morgan fingerprint density at radius 1 is 0.944 bits per heavy atom. The number of hydrogen-bond acceptors (Lipinski definition) is 1. The molecule has 1 aliphatic rings. The fourth-order valence-corrected chi connectivity index (χ4v) is 2.71. The molecule has 90 valence electrons. The van der Waals surface area contributed by atoms with Gasteiger partial charge in [0.15, 0.2) is 0 Å². The molecule has 0 fully saturated rings. The molecule has 0 spiro atoms. The lowest BCUT2D eigenvalue weighted by atomic mass is 10.1. The molecule has 1 N–H and O–H groups in total. The van der Waals surface area contributed by atoms with Crippen LogP contribution in [-0.2, 0) is 6.54 Å². The molecule has 0 bridgehead atoms. The summed E-state index contributed by atoms with van der Waals surface area (Å²) < 4.78 is 0. The first-order chi connectivity index (χ1) is 8.68. The molecular formula is C16H16N2. The maximum Gasteiger partial charge on any atom is 0.133 e. The van der Waals surface area contributed by atoms with Crippen LogP contribution >= 0.6 is 0 Å². The van der Waals surface area contributed by atoms with Crippen molar-refractivity contribution in [2.75, 3.05) is 4.90 Å². The van der Waals surface area contributed by atoms with Gasteiger partial charge in [-0.05, 0) is 30.5 Å². The van der Waals surface area contributed by atoms with E-state index in [-0.39, 0.29) is 0 Å². The van der Waals surface area contributed by atoms with Crippen molar-refractivity contribution in [1.29, 1.82) is 5.41 Å². The second-order valence-corrected chi connectivity index (χ2v) is 4.83. The van der Waals surface area contributed by atoms with Gasteiger partial charge in [0.05, 0.1) is 6.54 Å². The number of hydrogen-bond donors (Lipinski definition) is 1. The van der Waals surface area contributed by atoms with Gasteiger partial charge in [-0.2, -0.15) is 0 Å². The Balaban J connectivity index is 2.10. The Kier molecular flexibility index (Phi) is 2.44. The Labute approximate surface area is 107 Å². The standard InChI is InChI=1S/C16H16N2/c1-11-6-5-7-12(2)15(11)18-10-13-8-3-4-9-14(13)16(18)17/h3-9,17H,10H2,1-2H3. The van der Waals surface area contributed by atoms with Gasteiger partial charge in [0.1, 0.15) is 5.84 Å². The average Bonchev–Trinajstić information content (AvgIpc) is 2.68. The van der Waals surface area contributed by atoms with E-state index in [1.165, 1.54) is 22.4 Å². The summed E-state index contributed by atoms with van der Waals surface area (Å²) >= 11 is 0. The predicted molar refractivity (Wildman–Crippen MR) is 75.4 cm³/mol. The van der Waals surface area contributed by atoms with Crippen molar-refractivity contribution >= 4 is 11.5 Å². The van der Waals surface area contributed by atoms with Gasteiger partial charge in [0.2, 0.25) is 0 Å². The number of benzene rings is 2. The minimum Gasteiger partial charge on any atom is -0.321 e. The fourth-order valence-electron chi connectivity index (χ4n) is 2.71. The van der Waals surface area contributed by atoms with E-state index < -0.39 is 0 Å². The highest BCUT2D eigenvalue weighted by molar-refractivity contribution is 6.12. The van der Waals surface area contributed by atoms with Crippen molar-refractivity contribution in [3.63, 3.8) is 0 Å². The number of amidine groups is 1. The molecule has 2 heteroatoms. The Morgan fingerprint density at radius 3 is 2.28 bits per heavy atom. The third-order valence-corrected chi connectivity index (χ3v) is 3.58. The molecule has 2 aromatic carbocycles. The second kappa shape index (κ2) is 3.98. The zero-order valence-electron chi connectivity index (χ0n) is 10.7. The lowest BCUT2D eigenvalue weighted by Gasteiger charge is -2.22. The highest BCUT2D eigenvalue weighted by atomic mass is 15.2. The zero-order valence-corrected chi connectivity index (χ0v) is 10.7. The zero-order chi connectivity index (χ0) is 12.7. The van der Waals surface area contributed by atoms with Gasteiger partial charge in [-0.3, -0.25) is 5.41 Å². The summed E-state index contributed by atoms with van der Waals surface area (Å²) in [5, 5.41) is 8.34. The number of para-hydroxylation sites is 1. The summed E-state index contributed by atoms with van der Waals surface area (Å²) in [6.45, 7) is 5.03.